The molecule has 1 aromatic carbocycles. The standard InChI is InChI=1S/C18H20N4O5S/c23-14(4-2-1-3-13-15-12(8-28-13)20-17(25)22-15)19-9-5-6-11-10(7-9)16(24)27-18(26)21-11/h5-7,12-13,15H,1-4,8H2,(H,19,23)(H,21,26)(H2,20,22,25). The molecule has 3 unspecified atom stereocenters. The van der Waals surface area contributed by atoms with E-state index in [-0.39, 0.29) is 29.4 Å². The molecule has 3 atom stereocenters. The number of amides is 3. The van der Waals surface area contributed by atoms with Gasteiger partial charge in [-0.15, -0.1) is 0 Å². The van der Waals surface area contributed by atoms with E-state index in [9.17, 15) is 19.2 Å². The molecular formula is C18H20N4O5S. The van der Waals surface area contributed by atoms with E-state index in [1.165, 1.54) is 6.07 Å². The van der Waals surface area contributed by atoms with Crippen molar-refractivity contribution in [3.63, 3.8) is 0 Å². The number of benzene rings is 1. The zero-order valence-electron chi connectivity index (χ0n) is 14.9. The minimum atomic E-state index is -0.811. The number of rotatable bonds is 6. The van der Waals surface area contributed by atoms with Gasteiger partial charge in [0, 0.05) is 23.1 Å². The Kier molecular flexibility index (Phi) is 5.12. The molecule has 2 fully saturated rings. The smallest absolute Gasteiger partial charge is 0.372 e. The maximum atomic E-state index is 12.2. The highest BCUT2D eigenvalue weighted by Gasteiger charge is 2.42. The first-order valence-corrected chi connectivity index (χ1v) is 10.2. The van der Waals surface area contributed by atoms with Crippen LogP contribution in [0, 0.1) is 0 Å². The highest BCUT2D eigenvalue weighted by molar-refractivity contribution is 8.00. The molecule has 10 heteroatoms. The minimum absolute atomic E-state index is 0.0897. The summed E-state index contributed by atoms with van der Waals surface area (Å²) in [7, 11) is 0. The molecule has 2 aromatic rings. The Morgan fingerprint density at radius 3 is 2.93 bits per heavy atom. The average molecular weight is 404 g/mol. The lowest BCUT2D eigenvalue weighted by Gasteiger charge is -2.16. The number of anilines is 1. The molecule has 0 aliphatic carbocycles. The van der Waals surface area contributed by atoms with E-state index in [0.29, 0.717) is 22.9 Å². The number of H-pyrrole nitrogens is 1. The van der Waals surface area contributed by atoms with Crippen LogP contribution in [0.15, 0.2) is 32.2 Å². The third-order valence-electron chi connectivity index (χ3n) is 5.03. The molecule has 1 aromatic heterocycles. The monoisotopic (exact) mass is 404 g/mol. The fourth-order valence-electron chi connectivity index (χ4n) is 3.67. The summed E-state index contributed by atoms with van der Waals surface area (Å²) in [6, 6.07) is 4.98. The van der Waals surface area contributed by atoms with E-state index >= 15 is 0 Å². The van der Waals surface area contributed by atoms with Crippen LogP contribution in [-0.4, -0.2) is 40.0 Å². The molecule has 9 nitrogen and oxygen atoms in total. The van der Waals surface area contributed by atoms with E-state index < -0.39 is 11.4 Å². The Morgan fingerprint density at radius 2 is 2.07 bits per heavy atom. The van der Waals surface area contributed by atoms with Gasteiger partial charge in [-0.25, -0.2) is 14.4 Å². The quantitative estimate of drug-likeness (QED) is 0.422. The molecule has 0 radical (unpaired) electrons. The van der Waals surface area contributed by atoms with Gasteiger partial charge in [-0.1, -0.05) is 6.42 Å². The van der Waals surface area contributed by atoms with Crippen molar-refractivity contribution in [3.8, 4) is 0 Å². The Bertz CT molecular complexity index is 1030. The van der Waals surface area contributed by atoms with Gasteiger partial charge in [0.15, 0.2) is 0 Å². The molecule has 2 aliphatic heterocycles. The molecule has 3 heterocycles. The summed E-state index contributed by atoms with van der Waals surface area (Å²) in [5.41, 5.74) is 0.0987. The predicted octanol–water partition coefficient (Wildman–Crippen LogP) is 1.15. The molecule has 0 bridgehead atoms. The molecular weight excluding hydrogens is 384 g/mol. The van der Waals surface area contributed by atoms with Gasteiger partial charge in [0.1, 0.15) is 0 Å². The molecule has 2 aliphatic rings. The van der Waals surface area contributed by atoms with Crippen LogP contribution in [0.4, 0.5) is 10.5 Å². The summed E-state index contributed by atoms with van der Waals surface area (Å²) in [6.07, 6.45) is 2.96. The number of carbonyl (C=O) groups excluding carboxylic acids is 2. The number of hydrogen-bond donors (Lipinski definition) is 4. The molecule has 4 N–H and O–H groups in total. The van der Waals surface area contributed by atoms with Crippen molar-refractivity contribution in [3.05, 3.63) is 39.2 Å². The molecule has 2 saturated heterocycles. The van der Waals surface area contributed by atoms with Gasteiger partial charge in [0.2, 0.25) is 5.91 Å². The van der Waals surface area contributed by atoms with Crippen LogP contribution in [0.5, 0.6) is 0 Å². The van der Waals surface area contributed by atoms with Gasteiger partial charge in [0.25, 0.3) is 0 Å². The molecule has 28 heavy (non-hydrogen) atoms. The summed E-state index contributed by atoms with van der Waals surface area (Å²) < 4.78 is 4.50. The molecule has 4 rings (SSSR count). The number of aromatic amines is 1. The number of urea groups is 1. The Balaban J connectivity index is 1.26. The Morgan fingerprint density at radius 1 is 1.21 bits per heavy atom. The highest BCUT2D eigenvalue weighted by Crippen LogP contribution is 2.33. The van der Waals surface area contributed by atoms with Crippen LogP contribution in [0.1, 0.15) is 25.7 Å². The molecule has 0 saturated carbocycles. The van der Waals surface area contributed by atoms with Crippen LogP contribution in [0.2, 0.25) is 0 Å². The largest absolute Gasteiger partial charge is 0.419 e. The van der Waals surface area contributed by atoms with Gasteiger partial charge in [-0.3, -0.25) is 9.78 Å². The molecule has 3 amide bonds. The van der Waals surface area contributed by atoms with Crippen LogP contribution in [0.3, 0.4) is 0 Å². The lowest BCUT2D eigenvalue weighted by Crippen LogP contribution is -2.36. The molecule has 0 spiro atoms. The van der Waals surface area contributed by atoms with Gasteiger partial charge in [0.05, 0.1) is 23.0 Å². The first-order valence-electron chi connectivity index (χ1n) is 9.15. The summed E-state index contributed by atoms with van der Waals surface area (Å²) in [5.74, 6) is -0.0228. The highest BCUT2D eigenvalue weighted by atomic mass is 32.2. The van der Waals surface area contributed by atoms with E-state index in [4.69, 9.17) is 0 Å². The average Bonchev–Trinajstić information content (AvgIpc) is 3.18. The molecule has 148 valence electrons. The second kappa shape index (κ2) is 7.70. The first-order chi connectivity index (χ1) is 13.5. The number of aromatic nitrogens is 1. The Hall–Kier alpha value is -2.75. The van der Waals surface area contributed by atoms with Crippen molar-refractivity contribution in [1.29, 1.82) is 0 Å². The van der Waals surface area contributed by atoms with Gasteiger partial charge < -0.3 is 20.4 Å². The number of unbranched alkanes of at least 4 members (excludes halogenated alkanes) is 1. The van der Waals surface area contributed by atoms with Crippen molar-refractivity contribution >= 4 is 40.3 Å². The predicted molar refractivity (Wildman–Crippen MR) is 106 cm³/mol. The van der Waals surface area contributed by atoms with Gasteiger partial charge >= 0.3 is 17.4 Å². The first kappa shape index (κ1) is 18.6. The van der Waals surface area contributed by atoms with Crippen LogP contribution >= 0.6 is 11.8 Å². The third kappa shape index (κ3) is 3.91. The summed E-state index contributed by atoms with van der Waals surface area (Å²) in [6.45, 7) is 0. The fourth-order valence-corrected chi connectivity index (χ4v) is 5.22. The van der Waals surface area contributed by atoms with Crippen LogP contribution in [0.25, 0.3) is 10.9 Å². The van der Waals surface area contributed by atoms with Crippen molar-refractivity contribution in [2.75, 3.05) is 11.1 Å². The normalized spacial score (nSPS) is 23.3. The van der Waals surface area contributed by atoms with Gasteiger partial charge in [-0.05, 0) is 31.0 Å². The maximum absolute atomic E-state index is 12.2. The van der Waals surface area contributed by atoms with E-state index in [2.05, 4.69) is 25.4 Å². The summed E-state index contributed by atoms with van der Waals surface area (Å²) in [4.78, 5) is 48.9. The van der Waals surface area contributed by atoms with Crippen molar-refractivity contribution < 1.29 is 14.0 Å². The zero-order valence-corrected chi connectivity index (χ0v) is 15.8. The topological polar surface area (TPSA) is 133 Å². The van der Waals surface area contributed by atoms with Crippen molar-refractivity contribution in [2.24, 2.45) is 0 Å². The van der Waals surface area contributed by atoms with E-state index in [1.54, 1.807) is 12.1 Å². The summed E-state index contributed by atoms with van der Waals surface area (Å²) >= 11 is 1.86. The number of fused-ring (bicyclic) bond motifs is 2. The Labute approximate surface area is 163 Å². The zero-order chi connectivity index (χ0) is 19.7. The van der Waals surface area contributed by atoms with Crippen molar-refractivity contribution in [2.45, 2.75) is 43.0 Å². The minimum Gasteiger partial charge on any atom is -0.372 e. The van der Waals surface area contributed by atoms with Crippen molar-refractivity contribution in [1.82, 2.24) is 15.6 Å². The summed E-state index contributed by atoms with van der Waals surface area (Å²) in [5, 5.41) is 9.24. The lowest BCUT2D eigenvalue weighted by atomic mass is 10.0. The SMILES string of the molecule is O=C(CCCCC1SCC2NC(=O)NC21)Nc1ccc2[nH]c(=O)oc(=O)c2c1. The second-order valence-electron chi connectivity index (χ2n) is 6.98. The van der Waals surface area contributed by atoms with E-state index in [0.717, 1.165) is 25.0 Å². The van der Waals surface area contributed by atoms with E-state index in [1.807, 2.05) is 11.8 Å². The maximum Gasteiger partial charge on any atom is 0.419 e. The lowest BCUT2D eigenvalue weighted by molar-refractivity contribution is -0.116. The number of carbonyl (C=O) groups is 2. The number of thioether (sulfide) groups is 1. The number of hydrogen-bond acceptors (Lipinski definition) is 6. The second-order valence-corrected chi connectivity index (χ2v) is 8.25. The van der Waals surface area contributed by atoms with Gasteiger partial charge in [-0.2, -0.15) is 11.8 Å². The third-order valence-corrected chi connectivity index (χ3v) is 6.53. The number of nitrogens with one attached hydrogen (secondary N) is 4. The fraction of sp³-hybridized carbons (Fsp3) is 0.444. The van der Waals surface area contributed by atoms with Crippen LogP contribution in [-0.2, 0) is 4.79 Å². The van der Waals surface area contributed by atoms with Crippen LogP contribution < -0.4 is 27.3 Å².